The molecule has 3 rings (SSSR count). The predicted octanol–water partition coefficient (Wildman–Crippen LogP) is 3.00. The van der Waals surface area contributed by atoms with Crippen LogP contribution in [-0.2, 0) is 0 Å². The molecule has 0 aliphatic rings. The van der Waals surface area contributed by atoms with Crippen molar-refractivity contribution in [3.63, 3.8) is 0 Å². The van der Waals surface area contributed by atoms with E-state index in [0.717, 1.165) is 6.20 Å². The van der Waals surface area contributed by atoms with Gasteiger partial charge in [-0.05, 0) is 23.8 Å². The van der Waals surface area contributed by atoms with Crippen molar-refractivity contribution in [1.29, 1.82) is 0 Å². The van der Waals surface area contributed by atoms with E-state index in [4.69, 9.17) is 5.73 Å². The van der Waals surface area contributed by atoms with E-state index in [2.05, 4.69) is 15.2 Å². The van der Waals surface area contributed by atoms with E-state index in [0.29, 0.717) is 22.4 Å². The molecule has 0 bridgehead atoms. The normalized spacial score (nSPS) is 10.7. The molecule has 0 aliphatic carbocycles. The number of benzene rings is 1. The Morgan fingerprint density at radius 1 is 1.00 bits per heavy atom. The average Bonchev–Trinajstić information content (AvgIpc) is 2.80. The Morgan fingerprint density at radius 2 is 1.80 bits per heavy atom. The highest BCUT2D eigenvalue weighted by molar-refractivity contribution is 5.87. The van der Waals surface area contributed by atoms with Gasteiger partial charge in [0.05, 0.1) is 17.5 Å². The van der Waals surface area contributed by atoms with Crippen LogP contribution in [0.4, 0.5) is 14.6 Å². The Hall–Kier alpha value is -2.76. The summed E-state index contributed by atoms with van der Waals surface area (Å²) in [5, 5.41) is 6.64. The number of H-pyrrole nitrogens is 1. The Kier molecular flexibility index (Phi) is 2.90. The van der Waals surface area contributed by atoms with Crippen molar-refractivity contribution in [2.45, 2.75) is 0 Å². The molecule has 20 heavy (non-hydrogen) atoms. The third-order valence-electron chi connectivity index (χ3n) is 2.90. The van der Waals surface area contributed by atoms with Gasteiger partial charge in [-0.3, -0.25) is 10.1 Å². The van der Waals surface area contributed by atoms with Crippen LogP contribution in [0.2, 0.25) is 0 Å². The quantitative estimate of drug-likeness (QED) is 0.753. The van der Waals surface area contributed by atoms with E-state index < -0.39 is 5.82 Å². The van der Waals surface area contributed by atoms with Crippen LogP contribution in [0.1, 0.15) is 0 Å². The summed E-state index contributed by atoms with van der Waals surface area (Å²) in [6, 6.07) is 7.27. The van der Waals surface area contributed by atoms with Gasteiger partial charge in [0.25, 0.3) is 0 Å². The van der Waals surface area contributed by atoms with Gasteiger partial charge in [0.15, 0.2) is 5.82 Å². The number of halogens is 2. The number of nitrogens with zero attached hydrogens (tertiary/aromatic N) is 2. The highest BCUT2D eigenvalue weighted by Crippen LogP contribution is 2.34. The maximum atomic E-state index is 13.3. The first-order valence-corrected chi connectivity index (χ1v) is 5.86. The zero-order valence-corrected chi connectivity index (χ0v) is 10.3. The number of nitrogens with two attached hydrogens (primary N) is 1. The largest absolute Gasteiger partial charge is 0.382 e. The predicted molar refractivity (Wildman–Crippen MR) is 71.6 cm³/mol. The van der Waals surface area contributed by atoms with Gasteiger partial charge < -0.3 is 5.73 Å². The molecule has 0 aliphatic heterocycles. The molecule has 6 heteroatoms. The average molecular weight is 272 g/mol. The summed E-state index contributed by atoms with van der Waals surface area (Å²) >= 11 is 0. The van der Waals surface area contributed by atoms with Crippen LogP contribution >= 0.6 is 0 Å². The third-order valence-corrected chi connectivity index (χ3v) is 2.90. The van der Waals surface area contributed by atoms with Crippen LogP contribution in [0.15, 0.2) is 42.7 Å². The molecular formula is C14H10F2N4. The second-order valence-electron chi connectivity index (χ2n) is 4.26. The van der Waals surface area contributed by atoms with Gasteiger partial charge >= 0.3 is 0 Å². The van der Waals surface area contributed by atoms with E-state index >= 15 is 0 Å². The number of aromatic nitrogens is 3. The van der Waals surface area contributed by atoms with Gasteiger partial charge in [-0.1, -0.05) is 12.1 Å². The zero-order valence-electron chi connectivity index (χ0n) is 10.3. The number of hydrogen-bond acceptors (Lipinski definition) is 3. The molecule has 4 nitrogen and oxygen atoms in total. The second kappa shape index (κ2) is 4.73. The van der Waals surface area contributed by atoms with Crippen molar-refractivity contribution in [3.05, 3.63) is 54.4 Å². The van der Waals surface area contributed by atoms with Crippen LogP contribution in [0.5, 0.6) is 0 Å². The molecule has 0 saturated carbocycles. The van der Waals surface area contributed by atoms with Crippen molar-refractivity contribution < 1.29 is 8.78 Å². The number of nitrogens with one attached hydrogen (secondary N) is 1. The molecular weight excluding hydrogens is 262 g/mol. The Morgan fingerprint density at radius 3 is 2.55 bits per heavy atom. The van der Waals surface area contributed by atoms with E-state index in [9.17, 15) is 8.78 Å². The van der Waals surface area contributed by atoms with Crippen molar-refractivity contribution in [2.75, 3.05) is 5.73 Å². The van der Waals surface area contributed by atoms with Crippen molar-refractivity contribution in [2.24, 2.45) is 0 Å². The zero-order chi connectivity index (χ0) is 14.1. The topological polar surface area (TPSA) is 67.6 Å². The monoisotopic (exact) mass is 272 g/mol. The Labute approximate surface area is 113 Å². The third kappa shape index (κ3) is 2.11. The van der Waals surface area contributed by atoms with Crippen molar-refractivity contribution in [1.82, 2.24) is 15.2 Å². The minimum Gasteiger partial charge on any atom is -0.382 e. The number of aromatic amines is 1. The molecule has 0 atom stereocenters. The fourth-order valence-electron chi connectivity index (χ4n) is 2.05. The van der Waals surface area contributed by atoms with Gasteiger partial charge in [0.2, 0.25) is 0 Å². The summed E-state index contributed by atoms with van der Waals surface area (Å²) < 4.78 is 26.6. The molecule has 1 aromatic carbocycles. The number of nitrogen functional groups attached to an aromatic ring is 1. The van der Waals surface area contributed by atoms with Crippen molar-refractivity contribution in [3.8, 4) is 22.4 Å². The first kappa shape index (κ1) is 12.3. The molecule has 3 N–H and O–H groups in total. The van der Waals surface area contributed by atoms with Crippen molar-refractivity contribution >= 4 is 5.82 Å². The van der Waals surface area contributed by atoms with Gasteiger partial charge in [-0.25, -0.2) is 8.78 Å². The molecule has 3 aromatic rings. The minimum atomic E-state index is -0.471. The smallest absolute Gasteiger partial charge is 0.153 e. The van der Waals surface area contributed by atoms with E-state index in [1.54, 1.807) is 12.1 Å². The molecule has 0 spiro atoms. The van der Waals surface area contributed by atoms with Gasteiger partial charge in [0, 0.05) is 11.8 Å². The fourth-order valence-corrected chi connectivity index (χ4v) is 2.05. The summed E-state index contributed by atoms with van der Waals surface area (Å²) in [5.74, 6) is -0.637. The summed E-state index contributed by atoms with van der Waals surface area (Å²) in [6.45, 7) is 0. The number of rotatable bonds is 2. The Balaban J connectivity index is 2.20. The van der Waals surface area contributed by atoms with E-state index in [1.165, 1.54) is 24.4 Å². The molecule has 0 radical (unpaired) electrons. The SMILES string of the molecule is Nc1n[nH]c(-c2cncc(F)c2)c1-c1cccc(F)c1. The molecule has 100 valence electrons. The Bertz CT molecular complexity index is 767. The molecule has 0 fully saturated rings. The highest BCUT2D eigenvalue weighted by atomic mass is 19.1. The molecule has 2 aromatic heterocycles. The first-order chi connectivity index (χ1) is 9.65. The van der Waals surface area contributed by atoms with Crippen LogP contribution < -0.4 is 5.73 Å². The maximum absolute atomic E-state index is 13.3. The minimum absolute atomic E-state index is 0.217. The standard InChI is InChI=1S/C14H10F2N4/c15-10-3-1-2-8(4-10)12-13(19-20-14(12)17)9-5-11(16)7-18-6-9/h1-7H,(H3,17,19,20). The van der Waals surface area contributed by atoms with Crippen LogP contribution in [0.25, 0.3) is 22.4 Å². The van der Waals surface area contributed by atoms with Crippen LogP contribution in [0, 0.1) is 11.6 Å². The molecule has 0 amide bonds. The summed E-state index contributed by atoms with van der Waals surface area (Å²) in [6.07, 6.45) is 2.59. The summed E-state index contributed by atoms with van der Waals surface area (Å²) in [4.78, 5) is 3.78. The van der Waals surface area contributed by atoms with Crippen LogP contribution in [0.3, 0.4) is 0 Å². The van der Waals surface area contributed by atoms with Crippen LogP contribution in [-0.4, -0.2) is 15.2 Å². The fraction of sp³-hybridized carbons (Fsp3) is 0. The number of anilines is 1. The lowest BCUT2D eigenvalue weighted by molar-refractivity contribution is 0.622. The number of hydrogen-bond donors (Lipinski definition) is 2. The molecule has 0 unspecified atom stereocenters. The second-order valence-corrected chi connectivity index (χ2v) is 4.26. The lowest BCUT2D eigenvalue weighted by atomic mass is 10.0. The van der Waals surface area contributed by atoms with Gasteiger partial charge in [-0.15, -0.1) is 0 Å². The van der Waals surface area contributed by atoms with Gasteiger partial charge in [0.1, 0.15) is 11.6 Å². The lowest BCUT2D eigenvalue weighted by Gasteiger charge is -2.05. The lowest BCUT2D eigenvalue weighted by Crippen LogP contribution is -1.90. The van der Waals surface area contributed by atoms with Gasteiger partial charge in [-0.2, -0.15) is 5.10 Å². The molecule has 0 saturated heterocycles. The maximum Gasteiger partial charge on any atom is 0.153 e. The summed E-state index contributed by atoms with van der Waals surface area (Å²) in [7, 11) is 0. The number of pyridine rings is 1. The highest BCUT2D eigenvalue weighted by Gasteiger charge is 2.15. The van der Waals surface area contributed by atoms with E-state index in [1.807, 2.05) is 0 Å². The molecule has 2 heterocycles. The summed E-state index contributed by atoms with van der Waals surface area (Å²) in [5.41, 5.74) is 7.90. The van der Waals surface area contributed by atoms with E-state index in [-0.39, 0.29) is 11.6 Å². The first-order valence-electron chi connectivity index (χ1n) is 5.86.